The molecule has 1 aromatic heterocycles. The van der Waals surface area contributed by atoms with Crippen LogP contribution in [0.25, 0.3) is 0 Å². The molecule has 1 aromatic carbocycles. The number of benzene rings is 1. The van der Waals surface area contributed by atoms with Gasteiger partial charge in [-0.25, -0.2) is 4.98 Å². The van der Waals surface area contributed by atoms with E-state index in [1.54, 1.807) is 11.3 Å². The highest BCUT2D eigenvalue weighted by atomic mass is 32.1. The molecule has 4 nitrogen and oxygen atoms in total. The van der Waals surface area contributed by atoms with Crippen LogP contribution in [-0.4, -0.2) is 18.2 Å². The van der Waals surface area contributed by atoms with E-state index in [1.807, 2.05) is 37.6 Å². The molecule has 0 aliphatic rings. The van der Waals surface area contributed by atoms with Crippen molar-refractivity contribution in [3.8, 4) is 11.5 Å². The SMILES string of the molecule is CCOc1cc(CN)ccc1OCCc1scnc1C. The molecule has 5 heteroatoms. The molecule has 2 N–H and O–H groups in total. The fourth-order valence-electron chi connectivity index (χ4n) is 1.89. The van der Waals surface area contributed by atoms with Crippen LogP contribution in [0.3, 0.4) is 0 Å². The Bertz CT molecular complexity index is 555. The van der Waals surface area contributed by atoms with Crippen LogP contribution in [0, 0.1) is 6.92 Å². The van der Waals surface area contributed by atoms with Gasteiger partial charge in [-0.1, -0.05) is 6.07 Å². The van der Waals surface area contributed by atoms with Gasteiger partial charge in [0.2, 0.25) is 0 Å². The van der Waals surface area contributed by atoms with Crippen molar-refractivity contribution < 1.29 is 9.47 Å². The van der Waals surface area contributed by atoms with Gasteiger partial charge in [-0.3, -0.25) is 0 Å². The first-order valence-corrected chi connectivity index (χ1v) is 7.60. The monoisotopic (exact) mass is 292 g/mol. The number of nitrogens with zero attached hydrogens (tertiary/aromatic N) is 1. The van der Waals surface area contributed by atoms with Gasteiger partial charge in [0, 0.05) is 17.8 Å². The summed E-state index contributed by atoms with van der Waals surface area (Å²) in [7, 11) is 0. The Morgan fingerprint density at radius 3 is 2.75 bits per heavy atom. The summed E-state index contributed by atoms with van der Waals surface area (Å²) in [5.74, 6) is 1.53. The fraction of sp³-hybridized carbons (Fsp3) is 0.400. The third kappa shape index (κ3) is 3.71. The first-order valence-electron chi connectivity index (χ1n) is 6.72. The zero-order valence-corrected chi connectivity index (χ0v) is 12.7. The molecule has 108 valence electrons. The summed E-state index contributed by atoms with van der Waals surface area (Å²) in [4.78, 5) is 5.50. The minimum absolute atomic E-state index is 0.500. The van der Waals surface area contributed by atoms with Gasteiger partial charge in [0.25, 0.3) is 0 Å². The smallest absolute Gasteiger partial charge is 0.161 e. The average molecular weight is 292 g/mol. The van der Waals surface area contributed by atoms with E-state index >= 15 is 0 Å². The molecule has 0 atom stereocenters. The fourth-order valence-corrected chi connectivity index (χ4v) is 2.65. The third-order valence-electron chi connectivity index (χ3n) is 2.98. The van der Waals surface area contributed by atoms with Gasteiger partial charge in [0.15, 0.2) is 11.5 Å². The summed E-state index contributed by atoms with van der Waals surface area (Å²) >= 11 is 1.67. The lowest BCUT2D eigenvalue weighted by molar-refractivity contribution is 0.279. The lowest BCUT2D eigenvalue weighted by Gasteiger charge is -2.12. The van der Waals surface area contributed by atoms with Crippen molar-refractivity contribution in [1.29, 1.82) is 0 Å². The molecule has 0 aliphatic carbocycles. The average Bonchev–Trinajstić information content (AvgIpc) is 2.86. The van der Waals surface area contributed by atoms with E-state index in [4.69, 9.17) is 15.2 Å². The number of thiazole rings is 1. The van der Waals surface area contributed by atoms with E-state index in [9.17, 15) is 0 Å². The summed E-state index contributed by atoms with van der Waals surface area (Å²) in [5.41, 5.74) is 9.64. The second-order valence-electron chi connectivity index (χ2n) is 4.38. The molecule has 0 bridgehead atoms. The van der Waals surface area contributed by atoms with E-state index in [-0.39, 0.29) is 0 Å². The molecule has 0 amide bonds. The first kappa shape index (κ1) is 14.8. The zero-order chi connectivity index (χ0) is 14.4. The van der Waals surface area contributed by atoms with Crippen LogP contribution in [0.2, 0.25) is 0 Å². The predicted octanol–water partition coefficient (Wildman–Crippen LogP) is 2.93. The van der Waals surface area contributed by atoms with Gasteiger partial charge < -0.3 is 15.2 Å². The Balaban J connectivity index is 1.99. The van der Waals surface area contributed by atoms with Crippen LogP contribution < -0.4 is 15.2 Å². The van der Waals surface area contributed by atoms with Gasteiger partial charge in [0.05, 0.1) is 24.4 Å². The number of ether oxygens (including phenoxy) is 2. The molecule has 0 fully saturated rings. The van der Waals surface area contributed by atoms with Gasteiger partial charge in [-0.15, -0.1) is 11.3 Å². The number of aryl methyl sites for hydroxylation is 1. The second-order valence-corrected chi connectivity index (χ2v) is 5.32. The standard InChI is InChI=1S/C15H20N2O2S/c1-3-18-14-8-12(9-16)4-5-13(14)19-7-6-15-11(2)17-10-20-15/h4-5,8,10H,3,6-7,9,16H2,1-2H3. The molecule has 0 saturated carbocycles. The zero-order valence-electron chi connectivity index (χ0n) is 11.9. The highest BCUT2D eigenvalue weighted by Crippen LogP contribution is 2.28. The van der Waals surface area contributed by atoms with Crippen LogP contribution in [0.5, 0.6) is 11.5 Å². The molecular formula is C15H20N2O2S. The van der Waals surface area contributed by atoms with Crippen molar-refractivity contribution in [2.45, 2.75) is 26.8 Å². The molecule has 0 unspecified atom stereocenters. The summed E-state index contributed by atoms with van der Waals surface area (Å²) in [6.07, 6.45) is 0.862. The van der Waals surface area contributed by atoms with Gasteiger partial charge >= 0.3 is 0 Å². The molecule has 0 aliphatic heterocycles. The van der Waals surface area contributed by atoms with Crippen molar-refractivity contribution in [1.82, 2.24) is 4.98 Å². The maximum Gasteiger partial charge on any atom is 0.161 e. The molecule has 0 saturated heterocycles. The molecule has 20 heavy (non-hydrogen) atoms. The van der Waals surface area contributed by atoms with Crippen LogP contribution in [0.4, 0.5) is 0 Å². The van der Waals surface area contributed by atoms with E-state index < -0.39 is 0 Å². The van der Waals surface area contributed by atoms with E-state index in [2.05, 4.69) is 4.98 Å². The lowest BCUT2D eigenvalue weighted by atomic mass is 10.2. The van der Waals surface area contributed by atoms with Crippen molar-refractivity contribution in [2.75, 3.05) is 13.2 Å². The van der Waals surface area contributed by atoms with Crippen LogP contribution in [-0.2, 0) is 13.0 Å². The summed E-state index contributed by atoms with van der Waals surface area (Å²) in [5, 5.41) is 0. The summed E-state index contributed by atoms with van der Waals surface area (Å²) in [6, 6.07) is 5.83. The largest absolute Gasteiger partial charge is 0.490 e. The summed E-state index contributed by atoms with van der Waals surface area (Å²) < 4.78 is 11.4. The third-order valence-corrected chi connectivity index (χ3v) is 3.97. The van der Waals surface area contributed by atoms with Crippen molar-refractivity contribution >= 4 is 11.3 Å². The Morgan fingerprint density at radius 1 is 1.25 bits per heavy atom. The Labute approximate surface area is 123 Å². The van der Waals surface area contributed by atoms with E-state index in [0.29, 0.717) is 19.8 Å². The molecule has 2 aromatic rings. The lowest BCUT2D eigenvalue weighted by Crippen LogP contribution is -2.05. The molecule has 0 spiro atoms. The normalized spacial score (nSPS) is 10.6. The van der Waals surface area contributed by atoms with E-state index in [0.717, 1.165) is 29.2 Å². The Morgan fingerprint density at radius 2 is 2.10 bits per heavy atom. The first-order chi connectivity index (χ1) is 9.74. The van der Waals surface area contributed by atoms with Crippen molar-refractivity contribution in [3.05, 3.63) is 39.8 Å². The van der Waals surface area contributed by atoms with Crippen molar-refractivity contribution in [3.63, 3.8) is 0 Å². The number of rotatable bonds is 7. The highest BCUT2D eigenvalue weighted by Gasteiger charge is 2.07. The quantitative estimate of drug-likeness (QED) is 0.852. The minimum Gasteiger partial charge on any atom is -0.490 e. The minimum atomic E-state index is 0.500. The predicted molar refractivity (Wildman–Crippen MR) is 81.6 cm³/mol. The van der Waals surface area contributed by atoms with Crippen LogP contribution >= 0.6 is 11.3 Å². The molecule has 2 rings (SSSR count). The molecule has 0 radical (unpaired) electrons. The van der Waals surface area contributed by atoms with Crippen LogP contribution in [0.15, 0.2) is 23.7 Å². The highest BCUT2D eigenvalue weighted by molar-refractivity contribution is 7.09. The molecular weight excluding hydrogens is 272 g/mol. The second kappa shape index (κ2) is 7.26. The maximum absolute atomic E-state index is 5.83. The summed E-state index contributed by atoms with van der Waals surface area (Å²) in [6.45, 7) is 5.71. The number of hydrogen-bond donors (Lipinski definition) is 1. The number of aromatic nitrogens is 1. The maximum atomic E-state index is 5.83. The van der Waals surface area contributed by atoms with Crippen molar-refractivity contribution in [2.24, 2.45) is 5.73 Å². The Hall–Kier alpha value is -1.59. The number of nitrogens with two attached hydrogens (primary N) is 1. The Kier molecular flexibility index (Phi) is 5.38. The van der Waals surface area contributed by atoms with Gasteiger partial charge in [-0.2, -0.15) is 0 Å². The number of hydrogen-bond acceptors (Lipinski definition) is 5. The topological polar surface area (TPSA) is 57.4 Å². The van der Waals surface area contributed by atoms with Crippen LogP contribution in [0.1, 0.15) is 23.1 Å². The van der Waals surface area contributed by atoms with E-state index in [1.165, 1.54) is 4.88 Å². The van der Waals surface area contributed by atoms with Gasteiger partial charge in [-0.05, 0) is 31.5 Å². The molecule has 1 heterocycles. The van der Waals surface area contributed by atoms with Gasteiger partial charge in [0.1, 0.15) is 0 Å².